The molecule has 0 bridgehead atoms. The molecule has 0 saturated heterocycles. The number of benzene rings is 2. The van der Waals surface area contributed by atoms with Crippen LogP contribution < -0.4 is 10.2 Å². The molecule has 4 rings (SSSR count). The van der Waals surface area contributed by atoms with E-state index in [2.05, 4.69) is 10.3 Å². The van der Waals surface area contributed by atoms with Gasteiger partial charge in [0.2, 0.25) is 11.8 Å². The minimum absolute atomic E-state index is 0.00490. The monoisotopic (exact) mass is 405 g/mol. The number of para-hydroxylation sites is 2. The lowest BCUT2D eigenvalue weighted by molar-refractivity contribution is -0.128. The van der Waals surface area contributed by atoms with Crippen molar-refractivity contribution >= 4 is 29.2 Å². The van der Waals surface area contributed by atoms with Gasteiger partial charge in [0, 0.05) is 5.56 Å². The third-order valence-electron chi connectivity index (χ3n) is 4.68. The Morgan fingerprint density at radius 2 is 1.83 bits per heavy atom. The van der Waals surface area contributed by atoms with E-state index in [4.69, 9.17) is 9.15 Å². The first-order chi connectivity index (χ1) is 14.4. The highest BCUT2D eigenvalue weighted by molar-refractivity contribution is 6.11. The molecule has 2 amide bonds. The number of hydrogen-bond acceptors (Lipinski definition) is 6. The Kier molecular flexibility index (Phi) is 5.05. The molecule has 2 aromatic carbocycles. The van der Waals surface area contributed by atoms with Crippen molar-refractivity contribution in [1.82, 2.24) is 4.98 Å². The Morgan fingerprint density at radius 1 is 1.13 bits per heavy atom. The van der Waals surface area contributed by atoms with Crippen molar-refractivity contribution in [3.05, 3.63) is 66.1 Å². The number of nitrogens with zero attached hydrogens (tertiary/aromatic N) is 2. The van der Waals surface area contributed by atoms with E-state index in [-0.39, 0.29) is 18.1 Å². The predicted molar refractivity (Wildman–Crippen MR) is 109 cm³/mol. The van der Waals surface area contributed by atoms with E-state index in [1.54, 1.807) is 31.2 Å². The Bertz CT molecular complexity index is 1120. The van der Waals surface area contributed by atoms with Gasteiger partial charge in [-0.15, -0.1) is 0 Å². The quantitative estimate of drug-likeness (QED) is 0.669. The Labute approximate surface area is 172 Å². The molecule has 8 nitrogen and oxygen atoms in total. The zero-order chi connectivity index (χ0) is 21.3. The zero-order valence-corrected chi connectivity index (χ0v) is 16.4. The summed E-state index contributed by atoms with van der Waals surface area (Å²) in [5, 5.41) is 2.71. The van der Waals surface area contributed by atoms with E-state index in [1.807, 2.05) is 30.3 Å². The molecule has 0 fully saturated rings. The summed E-state index contributed by atoms with van der Waals surface area (Å²) in [7, 11) is 0. The lowest BCUT2D eigenvalue weighted by Gasteiger charge is -2.30. The van der Waals surface area contributed by atoms with Gasteiger partial charge in [0.15, 0.2) is 11.8 Å². The van der Waals surface area contributed by atoms with Crippen LogP contribution in [0.25, 0.3) is 11.5 Å². The van der Waals surface area contributed by atoms with E-state index >= 15 is 0 Å². The molecule has 30 heavy (non-hydrogen) atoms. The molecule has 0 saturated carbocycles. The first-order valence-corrected chi connectivity index (χ1v) is 9.38. The fourth-order valence-electron chi connectivity index (χ4n) is 3.21. The third kappa shape index (κ3) is 3.67. The van der Waals surface area contributed by atoms with Crippen LogP contribution in [0.15, 0.2) is 59.0 Å². The summed E-state index contributed by atoms with van der Waals surface area (Å²) >= 11 is 0. The SMILES string of the molecule is Cc1oc(-c2ccccc2)nc1C(=O)O[C@@H](C)C(=O)N1CC(=O)Nc2ccccc21. The van der Waals surface area contributed by atoms with Crippen molar-refractivity contribution in [2.45, 2.75) is 20.0 Å². The van der Waals surface area contributed by atoms with Crippen molar-refractivity contribution < 1.29 is 23.5 Å². The van der Waals surface area contributed by atoms with Crippen LogP contribution in [0.4, 0.5) is 11.4 Å². The highest BCUT2D eigenvalue weighted by Crippen LogP contribution is 2.30. The summed E-state index contributed by atoms with van der Waals surface area (Å²) in [4.78, 5) is 43.0. The molecule has 152 valence electrons. The number of amides is 2. The van der Waals surface area contributed by atoms with E-state index in [9.17, 15) is 14.4 Å². The highest BCUT2D eigenvalue weighted by Gasteiger charge is 2.32. The maximum atomic E-state index is 12.9. The number of aromatic nitrogens is 1. The number of hydrogen-bond donors (Lipinski definition) is 1. The van der Waals surface area contributed by atoms with Crippen LogP contribution in [0, 0.1) is 6.92 Å². The topological polar surface area (TPSA) is 102 Å². The normalized spacial score (nSPS) is 13.9. The Balaban J connectivity index is 1.51. The zero-order valence-electron chi connectivity index (χ0n) is 16.4. The summed E-state index contributed by atoms with van der Waals surface area (Å²) in [6.45, 7) is 2.91. The molecular formula is C22H19N3O5. The summed E-state index contributed by atoms with van der Waals surface area (Å²) < 4.78 is 10.9. The van der Waals surface area contributed by atoms with Crippen molar-refractivity contribution in [1.29, 1.82) is 0 Å². The van der Waals surface area contributed by atoms with Gasteiger partial charge in [-0.1, -0.05) is 30.3 Å². The van der Waals surface area contributed by atoms with Gasteiger partial charge in [-0.3, -0.25) is 14.5 Å². The highest BCUT2D eigenvalue weighted by atomic mass is 16.5. The second-order valence-corrected chi connectivity index (χ2v) is 6.83. The van der Waals surface area contributed by atoms with Gasteiger partial charge in [0.1, 0.15) is 12.3 Å². The third-order valence-corrected chi connectivity index (χ3v) is 4.68. The number of esters is 1. The molecule has 0 radical (unpaired) electrons. The maximum Gasteiger partial charge on any atom is 0.361 e. The number of ether oxygens (including phenoxy) is 1. The van der Waals surface area contributed by atoms with Crippen LogP contribution in [0.3, 0.4) is 0 Å². The number of rotatable bonds is 4. The fraction of sp³-hybridized carbons (Fsp3) is 0.182. The molecular weight excluding hydrogens is 386 g/mol. The van der Waals surface area contributed by atoms with Gasteiger partial charge < -0.3 is 14.5 Å². The van der Waals surface area contributed by atoms with Crippen LogP contribution in [0.1, 0.15) is 23.2 Å². The molecule has 1 aliphatic rings. The van der Waals surface area contributed by atoms with Crippen LogP contribution in [-0.4, -0.2) is 35.4 Å². The summed E-state index contributed by atoms with van der Waals surface area (Å²) in [5.74, 6) is -1.01. The first-order valence-electron chi connectivity index (χ1n) is 9.38. The van der Waals surface area contributed by atoms with E-state index in [1.165, 1.54) is 11.8 Å². The fourth-order valence-corrected chi connectivity index (χ4v) is 3.21. The van der Waals surface area contributed by atoms with Crippen molar-refractivity contribution in [3.63, 3.8) is 0 Å². The number of anilines is 2. The number of aryl methyl sites for hydroxylation is 1. The van der Waals surface area contributed by atoms with E-state index in [0.29, 0.717) is 23.0 Å². The molecule has 1 N–H and O–H groups in total. The Morgan fingerprint density at radius 3 is 2.60 bits per heavy atom. The average Bonchev–Trinajstić information content (AvgIpc) is 3.15. The molecule has 8 heteroatoms. The number of fused-ring (bicyclic) bond motifs is 1. The van der Waals surface area contributed by atoms with Crippen molar-refractivity contribution in [3.8, 4) is 11.5 Å². The largest absolute Gasteiger partial charge is 0.448 e. The molecule has 0 unspecified atom stereocenters. The molecule has 2 heterocycles. The first kappa shape index (κ1) is 19.4. The second-order valence-electron chi connectivity index (χ2n) is 6.83. The van der Waals surface area contributed by atoms with Gasteiger partial charge >= 0.3 is 5.97 Å². The average molecular weight is 405 g/mol. The van der Waals surface area contributed by atoms with Crippen molar-refractivity contribution in [2.24, 2.45) is 0 Å². The van der Waals surface area contributed by atoms with Gasteiger partial charge in [0.25, 0.3) is 5.91 Å². The summed E-state index contributed by atoms with van der Waals surface area (Å²) in [6, 6.07) is 16.1. The minimum Gasteiger partial charge on any atom is -0.448 e. The summed E-state index contributed by atoms with van der Waals surface area (Å²) in [5.41, 5.74) is 1.81. The summed E-state index contributed by atoms with van der Waals surface area (Å²) in [6.07, 6.45) is -1.12. The smallest absolute Gasteiger partial charge is 0.361 e. The van der Waals surface area contributed by atoms with Crippen molar-refractivity contribution in [2.75, 3.05) is 16.8 Å². The molecule has 1 atom stereocenters. The number of carbonyl (C=O) groups is 3. The van der Waals surface area contributed by atoms with E-state index in [0.717, 1.165) is 5.56 Å². The molecule has 1 aromatic heterocycles. The van der Waals surface area contributed by atoms with Crippen LogP contribution in [0.2, 0.25) is 0 Å². The van der Waals surface area contributed by atoms with Gasteiger partial charge in [-0.2, -0.15) is 0 Å². The van der Waals surface area contributed by atoms with E-state index < -0.39 is 18.0 Å². The number of nitrogens with one attached hydrogen (secondary N) is 1. The van der Waals surface area contributed by atoms with Crippen LogP contribution >= 0.6 is 0 Å². The minimum atomic E-state index is -1.12. The van der Waals surface area contributed by atoms with Gasteiger partial charge in [0.05, 0.1) is 11.4 Å². The van der Waals surface area contributed by atoms with Gasteiger partial charge in [-0.05, 0) is 38.1 Å². The molecule has 3 aromatic rings. The molecule has 0 aliphatic carbocycles. The van der Waals surface area contributed by atoms with Crippen LogP contribution in [0.5, 0.6) is 0 Å². The maximum absolute atomic E-state index is 12.9. The van der Waals surface area contributed by atoms with Crippen LogP contribution in [-0.2, 0) is 14.3 Å². The van der Waals surface area contributed by atoms with Gasteiger partial charge in [-0.25, -0.2) is 9.78 Å². The Hall–Kier alpha value is -3.94. The number of carbonyl (C=O) groups excluding carboxylic acids is 3. The lowest BCUT2D eigenvalue weighted by Crippen LogP contribution is -2.47. The second kappa shape index (κ2) is 7.82. The lowest BCUT2D eigenvalue weighted by atomic mass is 10.1. The molecule has 0 spiro atoms. The number of oxazole rings is 1. The molecule has 1 aliphatic heterocycles. The standard InChI is InChI=1S/C22H19N3O5/c1-13-19(24-20(29-13)15-8-4-3-5-9-15)22(28)30-14(2)21(27)25-12-18(26)23-16-10-6-7-11-17(16)25/h3-11,14H,12H2,1-2H3,(H,23,26)/t14-/m0/s1. The predicted octanol–water partition coefficient (Wildman–Crippen LogP) is 3.18.